The maximum Gasteiger partial charge on any atom is 0.417 e. The highest BCUT2D eigenvalue weighted by molar-refractivity contribution is 5.97. The van der Waals surface area contributed by atoms with Crippen LogP contribution in [0.5, 0.6) is 11.9 Å². The molecule has 17 heteroatoms. The molecule has 5 aliphatic rings. The van der Waals surface area contributed by atoms with Crippen molar-refractivity contribution in [2.24, 2.45) is 0 Å². The van der Waals surface area contributed by atoms with E-state index in [1.807, 2.05) is 4.90 Å². The number of hydrogen-bond donors (Lipinski definition) is 2. The number of pyridine rings is 1. The van der Waals surface area contributed by atoms with Gasteiger partial charge in [0.1, 0.15) is 41.0 Å². The van der Waals surface area contributed by atoms with Gasteiger partial charge < -0.3 is 25.4 Å². The Balaban J connectivity index is 1.35. The van der Waals surface area contributed by atoms with Gasteiger partial charge in [-0.05, 0) is 50.8 Å². The fourth-order valence-corrected chi connectivity index (χ4v) is 8.53. The summed E-state index contributed by atoms with van der Waals surface area (Å²) in [7, 11) is 0. The molecule has 4 fully saturated rings. The van der Waals surface area contributed by atoms with E-state index in [0.29, 0.717) is 31.9 Å². The zero-order valence-corrected chi connectivity index (χ0v) is 25.6. The van der Waals surface area contributed by atoms with Gasteiger partial charge in [0.25, 0.3) is 6.43 Å². The molecule has 48 heavy (non-hydrogen) atoms. The van der Waals surface area contributed by atoms with E-state index in [4.69, 9.17) is 15.2 Å². The molecule has 3 aromatic rings. The number of nitrogens with one attached hydrogen (secondary N) is 1. The van der Waals surface area contributed by atoms with Crippen molar-refractivity contribution in [3.8, 4) is 23.1 Å². The molecule has 2 unspecified atom stereocenters. The van der Waals surface area contributed by atoms with E-state index >= 15 is 4.39 Å². The number of alkyl halides is 6. The third-order valence-corrected chi connectivity index (χ3v) is 10.6. The van der Waals surface area contributed by atoms with Crippen LogP contribution in [0.25, 0.3) is 22.2 Å². The average Bonchev–Trinajstić information content (AvgIpc) is 3.66. The fraction of sp³-hybridized carbons (Fsp3) is 0.581. The third-order valence-electron chi connectivity index (χ3n) is 10.6. The first-order chi connectivity index (χ1) is 22.8. The van der Waals surface area contributed by atoms with Crippen LogP contribution < -0.4 is 25.4 Å². The third kappa shape index (κ3) is 4.74. The number of fused-ring (bicyclic) bond motifs is 6. The van der Waals surface area contributed by atoms with E-state index < -0.39 is 93.6 Å². The number of nitrogens with zero attached hydrogens (tertiary/aromatic N) is 5. The number of piperazine rings is 1. The normalized spacial score (nSPS) is 29.7. The second-order valence-corrected chi connectivity index (χ2v) is 13.4. The van der Waals surface area contributed by atoms with E-state index in [1.165, 1.54) is 0 Å². The van der Waals surface area contributed by atoms with Gasteiger partial charge in [-0.25, -0.2) is 26.9 Å². The van der Waals surface area contributed by atoms with Crippen molar-refractivity contribution in [1.82, 2.24) is 25.2 Å². The van der Waals surface area contributed by atoms with Crippen molar-refractivity contribution in [2.45, 2.75) is 87.6 Å². The van der Waals surface area contributed by atoms with Gasteiger partial charge in [-0.15, -0.1) is 0 Å². The summed E-state index contributed by atoms with van der Waals surface area (Å²) < 4.78 is 131. The average molecular weight is 686 g/mol. The summed E-state index contributed by atoms with van der Waals surface area (Å²) in [6.07, 6.45) is -8.32. The zero-order chi connectivity index (χ0) is 33.9. The molecule has 6 atom stereocenters. The van der Waals surface area contributed by atoms with E-state index in [9.17, 15) is 30.7 Å². The largest absolute Gasteiger partial charge is 0.465 e. The highest BCUT2D eigenvalue weighted by Crippen LogP contribution is 2.48. The lowest BCUT2D eigenvalue weighted by Gasteiger charge is -2.43. The summed E-state index contributed by atoms with van der Waals surface area (Å²) >= 11 is 0. The second kappa shape index (κ2) is 10.9. The number of rotatable bonds is 5. The van der Waals surface area contributed by atoms with Crippen LogP contribution in [0.15, 0.2) is 6.07 Å². The molecular weight excluding hydrogens is 654 g/mol. The van der Waals surface area contributed by atoms with Gasteiger partial charge in [0.15, 0.2) is 11.9 Å². The van der Waals surface area contributed by atoms with Crippen molar-refractivity contribution in [3.05, 3.63) is 28.8 Å². The summed E-state index contributed by atoms with van der Waals surface area (Å²) in [6.45, 7) is 1.89. The predicted molar refractivity (Wildman–Crippen MR) is 157 cm³/mol. The Kier molecular flexibility index (Phi) is 7.15. The molecule has 9 nitrogen and oxygen atoms in total. The second-order valence-electron chi connectivity index (χ2n) is 13.4. The first-order valence-electron chi connectivity index (χ1n) is 15.8. The molecular formula is C31H31F8N7O2. The van der Waals surface area contributed by atoms with Gasteiger partial charge in [-0.3, -0.25) is 4.90 Å². The molecule has 0 aliphatic carbocycles. The summed E-state index contributed by atoms with van der Waals surface area (Å²) in [5.41, 5.74) is -0.568. The number of nitrogen functional groups attached to an aromatic ring is 1. The molecule has 4 saturated heterocycles. The molecule has 3 N–H and O–H groups in total. The number of ether oxygens (including phenoxy) is 2. The molecule has 5 aliphatic heterocycles. The van der Waals surface area contributed by atoms with E-state index in [0.717, 1.165) is 13.3 Å². The van der Waals surface area contributed by atoms with Gasteiger partial charge in [0.05, 0.1) is 22.8 Å². The molecule has 7 heterocycles. The fourth-order valence-electron chi connectivity index (χ4n) is 8.53. The van der Waals surface area contributed by atoms with Gasteiger partial charge >= 0.3 is 12.2 Å². The SMILES string of the molecule is Cc1c(F)c(N)cc(-c2nc3c4c(nc(OC[C@@]56CCCN5C[C@H](F)C6)nc4c2F)N2C[C@H]4CC[C@H](N4)C2C(C(F)F)O3)c1C(F)(F)F. The Morgan fingerprint density at radius 1 is 1.15 bits per heavy atom. The minimum Gasteiger partial charge on any atom is -0.465 e. The molecule has 258 valence electrons. The van der Waals surface area contributed by atoms with Crippen molar-refractivity contribution in [3.63, 3.8) is 0 Å². The molecule has 8 rings (SSSR count). The Hall–Kier alpha value is -3.73. The molecule has 0 amide bonds. The summed E-state index contributed by atoms with van der Waals surface area (Å²) in [4.78, 5) is 16.5. The van der Waals surface area contributed by atoms with Crippen LogP contribution in [0, 0.1) is 18.6 Å². The summed E-state index contributed by atoms with van der Waals surface area (Å²) in [5, 5.41) is 3.10. The smallest absolute Gasteiger partial charge is 0.417 e. The summed E-state index contributed by atoms with van der Waals surface area (Å²) in [6, 6.07) is -1.37. The van der Waals surface area contributed by atoms with Crippen LogP contribution in [0.1, 0.15) is 43.2 Å². The van der Waals surface area contributed by atoms with Crippen molar-refractivity contribution in [2.75, 3.05) is 36.9 Å². The van der Waals surface area contributed by atoms with Crippen LogP contribution in [-0.2, 0) is 6.18 Å². The minimum atomic E-state index is -5.18. The number of aromatic nitrogens is 3. The van der Waals surface area contributed by atoms with Crippen molar-refractivity contribution >= 4 is 22.4 Å². The van der Waals surface area contributed by atoms with E-state index in [1.54, 1.807) is 4.90 Å². The van der Waals surface area contributed by atoms with Crippen molar-refractivity contribution < 1.29 is 44.6 Å². The Morgan fingerprint density at radius 3 is 2.69 bits per heavy atom. The van der Waals surface area contributed by atoms with Gasteiger partial charge in [0.2, 0.25) is 5.88 Å². The number of hydrogen-bond acceptors (Lipinski definition) is 9. The quantitative estimate of drug-likeness (QED) is 0.279. The maximum absolute atomic E-state index is 16.8. The maximum atomic E-state index is 16.8. The lowest BCUT2D eigenvalue weighted by Crippen LogP contribution is -2.64. The van der Waals surface area contributed by atoms with Crippen LogP contribution in [0.2, 0.25) is 0 Å². The number of nitrogens with two attached hydrogens (primary N) is 1. The summed E-state index contributed by atoms with van der Waals surface area (Å²) in [5.74, 6) is -3.33. The predicted octanol–water partition coefficient (Wildman–Crippen LogP) is 5.17. The lowest BCUT2D eigenvalue weighted by atomic mass is 9.95. The lowest BCUT2D eigenvalue weighted by molar-refractivity contribution is -0.137. The highest BCUT2D eigenvalue weighted by atomic mass is 19.4. The Labute approximate surface area is 268 Å². The number of anilines is 2. The monoisotopic (exact) mass is 685 g/mol. The Morgan fingerprint density at radius 2 is 1.94 bits per heavy atom. The molecule has 0 radical (unpaired) electrons. The Bertz CT molecular complexity index is 1810. The van der Waals surface area contributed by atoms with E-state index in [2.05, 4.69) is 20.3 Å². The minimum absolute atomic E-state index is 0.0177. The zero-order valence-electron chi connectivity index (χ0n) is 25.6. The van der Waals surface area contributed by atoms with E-state index in [-0.39, 0.29) is 49.4 Å². The first kappa shape index (κ1) is 31.5. The molecule has 2 bridgehead atoms. The number of benzene rings is 1. The molecule has 0 spiro atoms. The standard InChI is InChI=1S/C31H31F8N7O2/c1-12-19(31(37,38)39)15(7-16(40)20(12)33)22-21(34)23-18-27(44-29(43-23)47-11-30-5-2-6-45(30)9-13(32)8-30)46-10-14-3-4-17(41-14)24(46)25(26(35)36)48-28(18)42-22/h7,13-14,17,24-26,41H,2-6,8-11,40H2,1H3/t13-,14-,17+,24?,25?,30+/m1/s1. The first-order valence-corrected chi connectivity index (χ1v) is 15.8. The number of halogens is 8. The molecule has 0 saturated carbocycles. The van der Waals surface area contributed by atoms with Gasteiger partial charge in [-0.1, -0.05) is 0 Å². The van der Waals surface area contributed by atoms with Crippen LogP contribution in [0.3, 0.4) is 0 Å². The van der Waals surface area contributed by atoms with Crippen LogP contribution in [0.4, 0.5) is 46.6 Å². The van der Waals surface area contributed by atoms with Gasteiger partial charge in [-0.2, -0.15) is 23.1 Å². The van der Waals surface area contributed by atoms with Crippen LogP contribution >= 0.6 is 0 Å². The molecule has 2 aromatic heterocycles. The molecule has 1 aromatic carbocycles. The van der Waals surface area contributed by atoms with Crippen molar-refractivity contribution in [1.29, 1.82) is 0 Å². The van der Waals surface area contributed by atoms with Crippen LogP contribution in [-0.4, -0.2) is 88.5 Å². The highest BCUT2D eigenvalue weighted by Gasteiger charge is 2.52. The van der Waals surface area contributed by atoms with Gasteiger partial charge in [0, 0.05) is 37.2 Å². The topological polar surface area (TPSA) is 102 Å².